The second kappa shape index (κ2) is 8.56. The summed E-state index contributed by atoms with van der Waals surface area (Å²) in [5.41, 5.74) is 2.21. The molecule has 1 aromatic carbocycles. The predicted octanol–water partition coefficient (Wildman–Crippen LogP) is 3.35. The molecule has 0 aliphatic heterocycles. The number of hydrogen-bond donors (Lipinski definition) is 2. The maximum atomic E-state index is 12.3. The third-order valence-corrected chi connectivity index (χ3v) is 4.69. The maximum absolute atomic E-state index is 12.3. The molecule has 0 radical (unpaired) electrons. The Hall–Kier alpha value is -2.76. The van der Waals surface area contributed by atoms with Crippen LogP contribution in [0, 0.1) is 12.8 Å². The number of rotatable bonds is 5. The Bertz CT molecular complexity index is 750. The summed E-state index contributed by atoms with van der Waals surface area (Å²) in [6.07, 6.45) is 9.24. The Morgan fingerprint density at radius 2 is 1.73 bits per heavy atom. The number of carbonyl (C=O) groups is 2. The van der Waals surface area contributed by atoms with Crippen LogP contribution in [0.25, 0.3) is 0 Å². The van der Waals surface area contributed by atoms with Gasteiger partial charge in [-0.15, -0.1) is 0 Å². The molecule has 1 heterocycles. The molecule has 0 atom stereocenters. The van der Waals surface area contributed by atoms with Crippen LogP contribution >= 0.6 is 0 Å². The van der Waals surface area contributed by atoms with Gasteiger partial charge in [-0.05, 0) is 49.9 Å². The number of amides is 2. The summed E-state index contributed by atoms with van der Waals surface area (Å²) < 4.78 is 0. The summed E-state index contributed by atoms with van der Waals surface area (Å²) in [5, 5.41) is 5.77. The summed E-state index contributed by atoms with van der Waals surface area (Å²) >= 11 is 0. The number of hydrogen-bond acceptors (Lipinski definition) is 4. The fourth-order valence-electron chi connectivity index (χ4n) is 3.14. The normalized spacial score (nSPS) is 14.7. The largest absolute Gasteiger partial charge is 0.352 e. The van der Waals surface area contributed by atoms with Gasteiger partial charge in [0, 0.05) is 24.0 Å². The van der Waals surface area contributed by atoms with E-state index in [0.717, 1.165) is 12.2 Å². The lowest BCUT2D eigenvalue weighted by molar-refractivity contribution is 0.0943. The first-order valence-electron chi connectivity index (χ1n) is 9.10. The molecule has 1 aliphatic rings. The second-order valence-electron chi connectivity index (χ2n) is 6.79. The summed E-state index contributed by atoms with van der Waals surface area (Å²) in [6.45, 7) is 2.55. The van der Waals surface area contributed by atoms with Crippen LogP contribution in [0.2, 0.25) is 0 Å². The fourth-order valence-corrected chi connectivity index (χ4v) is 3.14. The van der Waals surface area contributed by atoms with E-state index in [0.29, 0.717) is 17.2 Å². The molecule has 136 valence electrons. The molecule has 2 amide bonds. The van der Waals surface area contributed by atoms with Crippen LogP contribution in [-0.2, 0) is 0 Å². The van der Waals surface area contributed by atoms with E-state index >= 15 is 0 Å². The molecule has 0 unspecified atom stereocenters. The minimum atomic E-state index is -0.327. The Morgan fingerprint density at radius 3 is 2.38 bits per heavy atom. The zero-order valence-corrected chi connectivity index (χ0v) is 15.0. The van der Waals surface area contributed by atoms with Crippen molar-refractivity contribution in [1.29, 1.82) is 0 Å². The number of nitrogens with zero attached hydrogens (tertiary/aromatic N) is 2. The Balaban J connectivity index is 1.53. The minimum Gasteiger partial charge on any atom is -0.352 e. The van der Waals surface area contributed by atoms with Crippen LogP contribution in [0.1, 0.15) is 58.6 Å². The van der Waals surface area contributed by atoms with Crippen LogP contribution in [0.15, 0.2) is 36.7 Å². The molecule has 1 fully saturated rings. The molecule has 1 aromatic heterocycles. The molecule has 3 rings (SSSR count). The van der Waals surface area contributed by atoms with Gasteiger partial charge in [-0.3, -0.25) is 14.6 Å². The molecule has 6 nitrogen and oxygen atoms in total. The highest BCUT2D eigenvalue weighted by Crippen LogP contribution is 2.22. The van der Waals surface area contributed by atoms with E-state index in [-0.39, 0.29) is 17.5 Å². The first-order chi connectivity index (χ1) is 12.6. The van der Waals surface area contributed by atoms with Gasteiger partial charge in [-0.1, -0.05) is 19.3 Å². The van der Waals surface area contributed by atoms with E-state index in [1.165, 1.54) is 38.3 Å². The summed E-state index contributed by atoms with van der Waals surface area (Å²) in [4.78, 5) is 32.5. The smallest absolute Gasteiger partial charge is 0.275 e. The number of benzene rings is 1. The zero-order valence-electron chi connectivity index (χ0n) is 15.0. The van der Waals surface area contributed by atoms with E-state index in [4.69, 9.17) is 0 Å². The lowest BCUT2D eigenvalue weighted by Crippen LogP contribution is -2.30. The number of carbonyl (C=O) groups excluding carboxylic acids is 2. The van der Waals surface area contributed by atoms with E-state index in [1.54, 1.807) is 30.5 Å². The third kappa shape index (κ3) is 4.88. The number of nitrogens with one attached hydrogen (secondary N) is 2. The van der Waals surface area contributed by atoms with Crippen LogP contribution in [0.3, 0.4) is 0 Å². The Kier molecular flexibility index (Phi) is 5.94. The molecule has 0 bridgehead atoms. The van der Waals surface area contributed by atoms with Gasteiger partial charge < -0.3 is 10.6 Å². The topological polar surface area (TPSA) is 84.0 Å². The fraction of sp³-hybridized carbons (Fsp3) is 0.400. The third-order valence-electron chi connectivity index (χ3n) is 4.69. The number of aromatic nitrogens is 2. The molecule has 2 N–H and O–H groups in total. The standard InChI is InChI=1S/C20H24N4O2/c1-14-11-22-18(13-21-14)20(26)24-17-9-7-16(8-10-17)19(25)23-12-15-5-3-2-4-6-15/h7-11,13,15H,2-6,12H2,1H3,(H,23,25)(H,24,26). The second-order valence-corrected chi connectivity index (χ2v) is 6.79. The highest BCUT2D eigenvalue weighted by Gasteiger charge is 2.15. The predicted molar refractivity (Wildman–Crippen MR) is 100 cm³/mol. The van der Waals surface area contributed by atoms with Crippen molar-refractivity contribution in [1.82, 2.24) is 15.3 Å². The molecular formula is C20H24N4O2. The van der Waals surface area contributed by atoms with Crippen molar-refractivity contribution in [2.45, 2.75) is 39.0 Å². The van der Waals surface area contributed by atoms with E-state index < -0.39 is 0 Å². The average molecular weight is 352 g/mol. The van der Waals surface area contributed by atoms with Crippen molar-refractivity contribution in [2.24, 2.45) is 5.92 Å². The molecule has 1 saturated carbocycles. The van der Waals surface area contributed by atoms with Crippen molar-refractivity contribution in [3.63, 3.8) is 0 Å². The number of anilines is 1. The van der Waals surface area contributed by atoms with Crippen molar-refractivity contribution >= 4 is 17.5 Å². The molecule has 0 spiro atoms. The van der Waals surface area contributed by atoms with E-state index in [2.05, 4.69) is 20.6 Å². The van der Waals surface area contributed by atoms with Crippen molar-refractivity contribution in [2.75, 3.05) is 11.9 Å². The van der Waals surface area contributed by atoms with Gasteiger partial charge in [0.1, 0.15) is 5.69 Å². The van der Waals surface area contributed by atoms with Gasteiger partial charge in [0.2, 0.25) is 0 Å². The van der Waals surface area contributed by atoms with Crippen LogP contribution in [0.4, 0.5) is 5.69 Å². The average Bonchev–Trinajstić information content (AvgIpc) is 2.68. The Labute approximate surface area is 153 Å². The molecule has 6 heteroatoms. The maximum Gasteiger partial charge on any atom is 0.275 e. The van der Waals surface area contributed by atoms with Gasteiger partial charge in [0.25, 0.3) is 11.8 Å². The lowest BCUT2D eigenvalue weighted by atomic mass is 9.89. The van der Waals surface area contributed by atoms with Gasteiger partial charge >= 0.3 is 0 Å². The molecule has 2 aromatic rings. The summed E-state index contributed by atoms with van der Waals surface area (Å²) in [6, 6.07) is 6.86. The van der Waals surface area contributed by atoms with Gasteiger partial charge in [-0.2, -0.15) is 0 Å². The quantitative estimate of drug-likeness (QED) is 0.864. The first kappa shape index (κ1) is 18.0. The van der Waals surface area contributed by atoms with Crippen molar-refractivity contribution in [3.05, 3.63) is 53.6 Å². The summed E-state index contributed by atoms with van der Waals surface area (Å²) in [5.74, 6) is 0.201. The molecule has 1 aliphatic carbocycles. The number of aryl methyl sites for hydroxylation is 1. The van der Waals surface area contributed by atoms with Crippen molar-refractivity contribution in [3.8, 4) is 0 Å². The Morgan fingerprint density at radius 1 is 1.00 bits per heavy atom. The van der Waals surface area contributed by atoms with Gasteiger partial charge in [0.05, 0.1) is 11.9 Å². The zero-order chi connectivity index (χ0) is 18.4. The highest BCUT2D eigenvalue weighted by molar-refractivity contribution is 6.03. The first-order valence-corrected chi connectivity index (χ1v) is 9.10. The van der Waals surface area contributed by atoms with Gasteiger partial charge in [0.15, 0.2) is 0 Å². The van der Waals surface area contributed by atoms with Crippen LogP contribution in [0.5, 0.6) is 0 Å². The minimum absolute atomic E-state index is 0.0714. The molecule has 0 saturated heterocycles. The molecule has 26 heavy (non-hydrogen) atoms. The van der Waals surface area contributed by atoms with E-state index in [1.807, 2.05) is 6.92 Å². The SMILES string of the molecule is Cc1cnc(C(=O)Nc2ccc(C(=O)NCC3CCCCC3)cc2)cn1. The highest BCUT2D eigenvalue weighted by atomic mass is 16.2. The van der Waals surface area contributed by atoms with Crippen molar-refractivity contribution < 1.29 is 9.59 Å². The van der Waals surface area contributed by atoms with Crippen LogP contribution in [-0.4, -0.2) is 28.3 Å². The van der Waals surface area contributed by atoms with Crippen LogP contribution < -0.4 is 10.6 Å². The lowest BCUT2D eigenvalue weighted by Gasteiger charge is -2.21. The van der Waals surface area contributed by atoms with E-state index in [9.17, 15) is 9.59 Å². The monoisotopic (exact) mass is 352 g/mol. The molecular weight excluding hydrogens is 328 g/mol. The summed E-state index contributed by atoms with van der Waals surface area (Å²) in [7, 11) is 0. The van der Waals surface area contributed by atoms with Gasteiger partial charge in [-0.25, -0.2) is 4.98 Å².